The summed E-state index contributed by atoms with van der Waals surface area (Å²) < 4.78 is 18.3. The number of benzene rings is 1. The van der Waals surface area contributed by atoms with Gasteiger partial charge in [0, 0.05) is 13.7 Å². The van der Waals surface area contributed by atoms with Gasteiger partial charge in [0.1, 0.15) is 5.82 Å². The van der Waals surface area contributed by atoms with Gasteiger partial charge in [0.15, 0.2) is 0 Å². The van der Waals surface area contributed by atoms with E-state index in [0.29, 0.717) is 5.92 Å². The third kappa shape index (κ3) is 6.17. The van der Waals surface area contributed by atoms with Crippen LogP contribution in [0, 0.1) is 18.7 Å². The van der Waals surface area contributed by atoms with Gasteiger partial charge >= 0.3 is 0 Å². The average molecular weight is 267 g/mol. The van der Waals surface area contributed by atoms with E-state index >= 15 is 0 Å². The summed E-state index contributed by atoms with van der Waals surface area (Å²) in [6, 6.07) is 5.07. The van der Waals surface area contributed by atoms with Gasteiger partial charge in [-0.3, -0.25) is 0 Å². The average Bonchev–Trinajstić information content (AvgIpc) is 2.39. The minimum absolute atomic E-state index is 0.136. The van der Waals surface area contributed by atoms with Crippen LogP contribution >= 0.6 is 0 Å². The third-order valence-corrected chi connectivity index (χ3v) is 3.43. The lowest BCUT2D eigenvalue weighted by atomic mass is 9.92. The highest BCUT2D eigenvalue weighted by Crippen LogP contribution is 2.18. The SMILES string of the molecule is CCCC(CNCCOC)Cc1cc(F)ccc1C. The van der Waals surface area contributed by atoms with Crippen LogP contribution in [0.5, 0.6) is 0 Å². The standard InChI is InChI=1S/C16H26FNO/c1-4-5-14(12-18-8-9-19-3)10-15-11-16(17)7-6-13(15)2/h6-7,11,14,18H,4-5,8-10,12H2,1-3H3. The van der Waals surface area contributed by atoms with Crippen LogP contribution in [0.4, 0.5) is 4.39 Å². The molecule has 0 radical (unpaired) electrons. The van der Waals surface area contributed by atoms with Gasteiger partial charge in [-0.05, 0) is 55.5 Å². The molecule has 108 valence electrons. The number of rotatable bonds is 9. The van der Waals surface area contributed by atoms with Crippen molar-refractivity contribution in [1.82, 2.24) is 5.32 Å². The summed E-state index contributed by atoms with van der Waals surface area (Å²) in [6.07, 6.45) is 3.26. The van der Waals surface area contributed by atoms with Crippen LogP contribution in [-0.4, -0.2) is 26.8 Å². The Morgan fingerprint density at radius 3 is 2.84 bits per heavy atom. The lowest BCUT2D eigenvalue weighted by molar-refractivity contribution is 0.197. The maximum absolute atomic E-state index is 13.3. The lowest BCUT2D eigenvalue weighted by Crippen LogP contribution is -2.27. The number of hydrogen-bond donors (Lipinski definition) is 1. The minimum atomic E-state index is -0.136. The quantitative estimate of drug-likeness (QED) is 0.693. The summed E-state index contributed by atoms with van der Waals surface area (Å²) in [6.45, 7) is 6.82. The molecule has 0 fully saturated rings. The van der Waals surface area contributed by atoms with Gasteiger partial charge in [-0.25, -0.2) is 4.39 Å². The zero-order valence-electron chi connectivity index (χ0n) is 12.3. The van der Waals surface area contributed by atoms with Crippen LogP contribution in [0.25, 0.3) is 0 Å². The summed E-state index contributed by atoms with van der Waals surface area (Å²) in [5.74, 6) is 0.422. The molecule has 0 saturated carbocycles. The molecule has 0 aliphatic carbocycles. The Hall–Kier alpha value is -0.930. The van der Waals surface area contributed by atoms with Crippen molar-refractivity contribution in [3.8, 4) is 0 Å². The van der Waals surface area contributed by atoms with Crippen molar-refractivity contribution in [2.24, 2.45) is 5.92 Å². The van der Waals surface area contributed by atoms with E-state index in [0.717, 1.165) is 44.5 Å². The molecular formula is C16H26FNO. The molecule has 1 aromatic rings. The van der Waals surface area contributed by atoms with Crippen LogP contribution in [0.3, 0.4) is 0 Å². The molecule has 1 unspecified atom stereocenters. The van der Waals surface area contributed by atoms with E-state index in [2.05, 4.69) is 19.2 Å². The van der Waals surface area contributed by atoms with Gasteiger partial charge in [0.25, 0.3) is 0 Å². The van der Waals surface area contributed by atoms with E-state index in [1.165, 1.54) is 11.6 Å². The highest BCUT2D eigenvalue weighted by atomic mass is 19.1. The molecule has 0 spiro atoms. The lowest BCUT2D eigenvalue weighted by Gasteiger charge is -2.18. The Kier molecular flexibility index (Phi) is 7.68. The van der Waals surface area contributed by atoms with Crippen molar-refractivity contribution in [3.63, 3.8) is 0 Å². The first kappa shape index (κ1) is 16.1. The van der Waals surface area contributed by atoms with E-state index in [4.69, 9.17) is 4.74 Å². The number of ether oxygens (including phenoxy) is 1. The zero-order valence-corrected chi connectivity index (χ0v) is 12.3. The van der Waals surface area contributed by atoms with Gasteiger partial charge < -0.3 is 10.1 Å². The summed E-state index contributed by atoms with van der Waals surface area (Å²) >= 11 is 0. The first-order valence-electron chi connectivity index (χ1n) is 7.12. The van der Waals surface area contributed by atoms with Crippen molar-refractivity contribution in [3.05, 3.63) is 35.1 Å². The molecule has 0 amide bonds. The van der Waals surface area contributed by atoms with Gasteiger partial charge in [0.2, 0.25) is 0 Å². The van der Waals surface area contributed by atoms with Crippen molar-refractivity contribution in [1.29, 1.82) is 0 Å². The van der Waals surface area contributed by atoms with Gasteiger partial charge in [-0.1, -0.05) is 19.4 Å². The molecule has 3 heteroatoms. The number of nitrogens with one attached hydrogen (secondary N) is 1. The molecule has 1 N–H and O–H groups in total. The predicted molar refractivity (Wildman–Crippen MR) is 78.0 cm³/mol. The van der Waals surface area contributed by atoms with Gasteiger partial charge in [0.05, 0.1) is 6.61 Å². The van der Waals surface area contributed by atoms with Crippen molar-refractivity contribution < 1.29 is 9.13 Å². The predicted octanol–water partition coefficient (Wildman–Crippen LogP) is 3.33. The molecular weight excluding hydrogens is 241 g/mol. The Labute approximate surface area is 116 Å². The Bertz CT molecular complexity index is 368. The smallest absolute Gasteiger partial charge is 0.123 e. The number of hydrogen-bond acceptors (Lipinski definition) is 2. The zero-order chi connectivity index (χ0) is 14.1. The summed E-state index contributed by atoms with van der Waals surface area (Å²) in [4.78, 5) is 0. The normalized spacial score (nSPS) is 12.6. The fourth-order valence-corrected chi connectivity index (χ4v) is 2.34. The second-order valence-electron chi connectivity index (χ2n) is 5.13. The Balaban J connectivity index is 2.54. The van der Waals surface area contributed by atoms with E-state index in [1.807, 2.05) is 6.07 Å². The first-order chi connectivity index (χ1) is 9.17. The van der Waals surface area contributed by atoms with Crippen LogP contribution in [-0.2, 0) is 11.2 Å². The monoisotopic (exact) mass is 267 g/mol. The topological polar surface area (TPSA) is 21.3 Å². The van der Waals surface area contributed by atoms with Gasteiger partial charge in [-0.2, -0.15) is 0 Å². The van der Waals surface area contributed by atoms with Crippen LogP contribution in [0.2, 0.25) is 0 Å². The summed E-state index contributed by atoms with van der Waals surface area (Å²) in [5, 5.41) is 3.41. The molecule has 0 bridgehead atoms. The van der Waals surface area contributed by atoms with Crippen LogP contribution in [0.15, 0.2) is 18.2 Å². The summed E-state index contributed by atoms with van der Waals surface area (Å²) in [5.41, 5.74) is 2.31. The van der Waals surface area contributed by atoms with Crippen molar-refractivity contribution in [2.45, 2.75) is 33.1 Å². The van der Waals surface area contributed by atoms with Crippen LogP contribution < -0.4 is 5.32 Å². The fourth-order valence-electron chi connectivity index (χ4n) is 2.34. The fraction of sp³-hybridized carbons (Fsp3) is 0.625. The highest BCUT2D eigenvalue weighted by Gasteiger charge is 2.11. The number of halogens is 1. The Morgan fingerprint density at radius 2 is 2.16 bits per heavy atom. The van der Waals surface area contributed by atoms with E-state index < -0.39 is 0 Å². The molecule has 0 aliphatic rings. The van der Waals surface area contributed by atoms with Crippen molar-refractivity contribution >= 4 is 0 Å². The van der Waals surface area contributed by atoms with E-state index in [1.54, 1.807) is 13.2 Å². The molecule has 2 nitrogen and oxygen atoms in total. The summed E-state index contributed by atoms with van der Waals surface area (Å²) in [7, 11) is 1.71. The maximum atomic E-state index is 13.3. The molecule has 1 rings (SSSR count). The molecule has 0 heterocycles. The molecule has 0 aliphatic heterocycles. The second kappa shape index (κ2) is 9.05. The maximum Gasteiger partial charge on any atom is 0.123 e. The first-order valence-corrected chi connectivity index (χ1v) is 7.12. The van der Waals surface area contributed by atoms with E-state index in [9.17, 15) is 4.39 Å². The molecule has 0 saturated heterocycles. The van der Waals surface area contributed by atoms with E-state index in [-0.39, 0.29) is 5.82 Å². The number of aryl methyl sites for hydroxylation is 1. The largest absolute Gasteiger partial charge is 0.383 e. The van der Waals surface area contributed by atoms with Crippen molar-refractivity contribution in [2.75, 3.05) is 26.8 Å². The highest BCUT2D eigenvalue weighted by molar-refractivity contribution is 5.27. The third-order valence-electron chi connectivity index (χ3n) is 3.43. The molecule has 1 aromatic carbocycles. The molecule has 1 atom stereocenters. The second-order valence-corrected chi connectivity index (χ2v) is 5.13. The van der Waals surface area contributed by atoms with Gasteiger partial charge in [-0.15, -0.1) is 0 Å². The molecule has 19 heavy (non-hydrogen) atoms. The van der Waals surface area contributed by atoms with Crippen LogP contribution in [0.1, 0.15) is 30.9 Å². The molecule has 0 aromatic heterocycles. The number of methoxy groups -OCH3 is 1. The minimum Gasteiger partial charge on any atom is -0.383 e. The Morgan fingerprint density at radius 1 is 1.37 bits per heavy atom.